The lowest BCUT2D eigenvalue weighted by Gasteiger charge is -2.13. The minimum atomic E-state index is -4.35. The zero-order valence-electron chi connectivity index (χ0n) is 9.53. The average Bonchev–Trinajstić information content (AvgIpc) is 2.73. The van der Waals surface area contributed by atoms with Crippen molar-refractivity contribution in [2.45, 2.75) is 19.1 Å². The molecule has 1 unspecified atom stereocenters. The number of nitrogens with two attached hydrogens (primary N) is 1. The molecule has 0 fully saturated rings. The van der Waals surface area contributed by atoms with Crippen LogP contribution in [0, 0.1) is 6.92 Å². The fourth-order valence-electron chi connectivity index (χ4n) is 1.67. The third-order valence-corrected chi connectivity index (χ3v) is 3.65. The molecule has 0 saturated heterocycles. The van der Waals surface area contributed by atoms with Crippen molar-refractivity contribution >= 4 is 11.3 Å². The first-order valence-electron chi connectivity index (χ1n) is 5.22. The molecule has 1 aromatic carbocycles. The minimum Gasteiger partial charge on any atom is -0.320 e. The largest absolute Gasteiger partial charge is 0.416 e. The molecule has 0 bridgehead atoms. The Morgan fingerprint density at radius 1 is 1.33 bits per heavy atom. The number of hydrogen-bond acceptors (Lipinski definition) is 3. The number of aromatic nitrogens is 1. The first-order valence-corrected chi connectivity index (χ1v) is 6.10. The first-order chi connectivity index (χ1) is 8.39. The van der Waals surface area contributed by atoms with E-state index in [1.807, 2.05) is 0 Å². The number of thiazole rings is 1. The Morgan fingerprint density at radius 2 is 2.06 bits per heavy atom. The van der Waals surface area contributed by atoms with Crippen molar-refractivity contribution in [3.05, 3.63) is 51.5 Å². The van der Waals surface area contributed by atoms with E-state index in [1.165, 1.54) is 17.4 Å². The van der Waals surface area contributed by atoms with Gasteiger partial charge in [-0.05, 0) is 24.6 Å². The number of halogens is 3. The third kappa shape index (κ3) is 2.54. The molecule has 2 N–H and O–H groups in total. The highest BCUT2D eigenvalue weighted by Gasteiger charge is 2.31. The second-order valence-corrected chi connectivity index (χ2v) is 4.79. The van der Waals surface area contributed by atoms with E-state index in [1.54, 1.807) is 18.5 Å². The summed E-state index contributed by atoms with van der Waals surface area (Å²) in [6.07, 6.45) is -4.35. The van der Waals surface area contributed by atoms with Gasteiger partial charge in [0.1, 0.15) is 0 Å². The lowest BCUT2D eigenvalue weighted by Crippen LogP contribution is -2.13. The van der Waals surface area contributed by atoms with E-state index in [0.717, 1.165) is 22.7 Å². The normalized spacial score (nSPS) is 13.6. The van der Waals surface area contributed by atoms with Gasteiger partial charge in [0.15, 0.2) is 0 Å². The van der Waals surface area contributed by atoms with E-state index < -0.39 is 17.8 Å². The van der Waals surface area contributed by atoms with E-state index in [0.29, 0.717) is 5.56 Å². The van der Waals surface area contributed by atoms with E-state index in [-0.39, 0.29) is 0 Å². The van der Waals surface area contributed by atoms with Gasteiger partial charge in [-0.25, -0.2) is 4.98 Å². The third-order valence-electron chi connectivity index (χ3n) is 2.64. The summed E-state index contributed by atoms with van der Waals surface area (Å²) in [5.74, 6) is 0. The van der Waals surface area contributed by atoms with Crippen LogP contribution in [0.15, 0.2) is 29.8 Å². The molecule has 2 rings (SSSR count). The second kappa shape index (κ2) is 4.70. The number of hydrogen-bond donors (Lipinski definition) is 1. The molecule has 0 radical (unpaired) electrons. The lowest BCUT2D eigenvalue weighted by molar-refractivity contribution is -0.137. The predicted octanol–water partition coefficient (Wildman–Crippen LogP) is 3.52. The summed E-state index contributed by atoms with van der Waals surface area (Å²) in [5, 5.41) is 0. The van der Waals surface area contributed by atoms with Gasteiger partial charge in [-0.3, -0.25) is 0 Å². The van der Waals surface area contributed by atoms with Gasteiger partial charge in [-0.1, -0.05) is 12.1 Å². The zero-order chi connectivity index (χ0) is 13.3. The smallest absolute Gasteiger partial charge is 0.320 e. The maximum atomic E-state index is 12.6. The molecule has 96 valence electrons. The van der Waals surface area contributed by atoms with Crippen LogP contribution in [0.25, 0.3) is 0 Å². The molecule has 2 aromatic rings. The van der Waals surface area contributed by atoms with E-state index >= 15 is 0 Å². The maximum absolute atomic E-state index is 12.6. The molecule has 0 aliphatic carbocycles. The molecular formula is C12H11F3N2S. The van der Waals surface area contributed by atoms with Crippen LogP contribution in [-0.2, 0) is 6.18 Å². The van der Waals surface area contributed by atoms with Gasteiger partial charge < -0.3 is 5.73 Å². The standard InChI is InChI=1S/C12H11F3N2S/c1-7-11(18-6-17-7)10(16)8-3-2-4-9(5-8)12(13,14)15/h2-6,10H,16H2,1H3. The number of aryl methyl sites for hydroxylation is 1. The van der Waals surface area contributed by atoms with Crippen LogP contribution in [0.2, 0.25) is 0 Å². The molecule has 0 spiro atoms. The Bertz CT molecular complexity index is 548. The molecule has 1 heterocycles. The second-order valence-electron chi connectivity index (χ2n) is 3.90. The lowest BCUT2D eigenvalue weighted by atomic mass is 10.0. The average molecular weight is 272 g/mol. The molecule has 1 atom stereocenters. The van der Waals surface area contributed by atoms with Crippen molar-refractivity contribution in [3.63, 3.8) is 0 Å². The Hall–Kier alpha value is -1.40. The van der Waals surface area contributed by atoms with Crippen molar-refractivity contribution in [1.29, 1.82) is 0 Å². The van der Waals surface area contributed by atoms with Crippen LogP contribution in [-0.4, -0.2) is 4.98 Å². The monoisotopic (exact) mass is 272 g/mol. The fraction of sp³-hybridized carbons (Fsp3) is 0.250. The van der Waals surface area contributed by atoms with Gasteiger partial charge in [-0.15, -0.1) is 11.3 Å². The van der Waals surface area contributed by atoms with Crippen molar-refractivity contribution in [2.24, 2.45) is 5.73 Å². The minimum absolute atomic E-state index is 0.442. The van der Waals surface area contributed by atoms with E-state index in [9.17, 15) is 13.2 Å². The summed E-state index contributed by atoms with van der Waals surface area (Å²) < 4.78 is 37.8. The summed E-state index contributed by atoms with van der Waals surface area (Å²) in [5.41, 5.74) is 8.13. The summed E-state index contributed by atoms with van der Waals surface area (Å²) >= 11 is 1.35. The van der Waals surface area contributed by atoms with Gasteiger partial charge in [0.05, 0.1) is 22.8 Å². The molecule has 0 aliphatic rings. The zero-order valence-corrected chi connectivity index (χ0v) is 10.3. The Labute approximate surface area is 106 Å². The van der Waals surface area contributed by atoms with Crippen molar-refractivity contribution in [2.75, 3.05) is 0 Å². The van der Waals surface area contributed by atoms with Crippen molar-refractivity contribution in [1.82, 2.24) is 4.98 Å². The number of benzene rings is 1. The number of rotatable bonds is 2. The summed E-state index contributed by atoms with van der Waals surface area (Å²) in [6, 6.07) is 4.52. The van der Waals surface area contributed by atoms with Crippen LogP contribution < -0.4 is 5.73 Å². The summed E-state index contributed by atoms with van der Waals surface area (Å²) in [7, 11) is 0. The van der Waals surface area contributed by atoms with E-state index in [2.05, 4.69) is 4.98 Å². The van der Waals surface area contributed by atoms with Crippen LogP contribution in [0.3, 0.4) is 0 Å². The quantitative estimate of drug-likeness (QED) is 0.908. The van der Waals surface area contributed by atoms with Gasteiger partial charge in [0.2, 0.25) is 0 Å². The fourth-order valence-corrected chi connectivity index (χ4v) is 2.50. The highest BCUT2D eigenvalue weighted by Crippen LogP contribution is 2.32. The van der Waals surface area contributed by atoms with Crippen LogP contribution in [0.4, 0.5) is 13.2 Å². The SMILES string of the molecule is Cc1ncsc1C(N)c1cccc(C(F)(F)F)c1. The Kier molecular flexibility index (Phi) is 3.41. The molecule has 6 heteroatoms. The molecule has 0 aliphatic heterocycles. The first kappa shape index (κ1) is 13.0. The van der Waals surface area contributed by atoms with Gasteiger partial charge in [0, 0.05) is 4.88 Å². The Balaban J connectivity index is 2.38. The van der Waals surface area contributed by atoms with Crippen LogP contribution in [0.5, 0.6) is 0 Å². The molecule has 1 aromatic heterocycles. The highest BCUT2D eigenvalue weighted by molar-refractivity contribution is 7.09. The van der Waals surface area contributed by atoms with Crippen LogP contribution in [0.1, 0.15) is 27.7 Å². The summed E-state index contributed by atoms with van der Waals surface area (Å²) in [6.45, 7) is 1.79. The van der Waals surface area contributed by atoms with Gasteiger partial charge in [0.25, 0.3) is 0 Å². The topological polar surface area (TPSA) is 38.9 Å². The molecule has 18 heavy (non-hydrogen) atoms. The van der Waals surface area contributed by atoms with Crippen LogP contribution >= 0.6 is 11.3 Å². The molecular weight excluding hydrogens is 261 g/mol. The molecule has 0 saturated carbocycles. The number of nitrogens with zero attached hydrogens (tertiary/aromatic N) is 1. The maximum Gasteiger partial charge on any atom is 0.416 e. The van der Waals surface area contributed by atoms with Crippen molar-refractivity contribution < 1.29 is 13.2 Å². The predicted molar refractivity (Wildman–Crippen MR) is 64.3 cm³/mol. The molecule has 2 nitrogen and oxygen atoms in total. The van der Waals surface area contributed by atoms with Gasteiger partial charge in [-0.2, -0.15) is 13.2 Å². The summed E-state index contributed by atoms with van der Waals surface area (Å²) in [4.78, 5) is 4.84. The van der Waals surface area contributed by atoms with E-state index in [4.69, 9.17) is 5.73 Å². The Morgan fingerprint density at radius 3 is 2.61 bits per heavy atom. The van der Waals surface area contributed by atoms with Crippen molar-refractivity contribution in [3.8, 4) is 0 Å². The van der Waals surface area contributed by atoms with Gasteiger partial charge >= 0.3 is 6.18 Å². The highest BCUT2D eigenvalue weighted by atomic mass is 32.1. The molecule has 0 amide bonds. The number of alkyl halides is 3.